The summed E-state index contributed by atoms with van der Waals surface area (Å²) < 4.78 is 38.5. The molecule has 0 radical (unpaired) electrons. The highest BCUT2D eigenvalue weighted by Gasteiger charge is 2.61. The Kier molecular flexibility index (Phi) is 7.52. The van der Waals surface area contributed by atoms with Crippen molar-refractivity contribution < 1.29 is 32.9 Å². The van der Waals surface area contributed by atoms with E-state index in [-0.39, 0.29) is 11.6 Å². The van der Waals surface area contributed by atoms with Gasteiger partial charge in [-0.25, -0.2) is 0 Å². The molecule has 2 aromatic carbocycles. The second kappa shape index (κ2) is 10.3. The first-order chi connectivity index (χ1) is 18.4. The summed E-state index contributed by atoms with van der Waals surface area (Å²) in [5, 5.41) is 2.10. The zero-order valence-corrected chi connectivity index (χ0v) is 24.9. The average Bonchev–Trinajstić information content (AvgIpc) is 3.37. The lowest BCUT2D eigenvalue weighted by Gasteiger charge is -2.44. The minimum Gasteiger partial charge on any atom is -0.403 e. The third-order valence-corrected chi connectivity index (χ3v) is 12.7. The van der Waals surface area contributed by atoms with Gasteiger partial charge in [0.1, 0.15) is 30.7 Å². The van der Waals surface area contributed by atoms with Gasteiger partial charge in [0.2, 0.25) is 0 Å². The molecule has 8 heteroatoms. The van der Waals surface area contributed by atoms with Crippen LogP contribution < -0.4 is 10.4 Å². The molecule has 3 fully saturated rings. The van der Waals surface area contributed by atoms with E-state index in [2.05, 4.69) is 69.3 Å². The normalized spacial score (nSPS) is 30.0. The number of hydrogen-bond acceptors (Lipinski definition) is 7. The van der Waals surface area contributed by atoms with E-state index >= 15 is 0 Å². The fourth-order valence-corrected chi connectivity index (χ4v) is 10.7. The van der Waals surface area contributed by atoms with Gasteiger partial charge in [-0.15, -0.1) is 0 Å². The molecular formula is C31H40O7Si. The predicted molar refractivity (Wildman–Crippen MR) is 150 cm³/mol. The van der Waals surface area contributed by atoms with E-state index in [0.717, 1.165) is 16.7 Å². The van der Waals surface area contributed by atoms with Crippen molar-refractivity contribution in [3.8, 4) is 0 Å². The van der Waals surface area contributed by atoms with Crippen molar-refractivity contribution in [1.82, 2.24) is 0 Å². The van der Waals surface area contributed by atoms with Crippen LogP contribution in [0.15, 0.2) is 72.3 Å². The summed E-state index contributed by atoms with van der Waals surface area (Å²) in [6, 6.07) is 20.8. The first-order valence-corrected chi connectivity index (χ1v) is 15.5. The maximum atomic E-state index is 12.0. The van der Waals surface area contributed by atoms with E-state index in [1.165, 1.54) is 6.08 Å². The lowest BCUT2D eigenvalue weighted by molar-refractivity contribution is -0.225. The minimum absolute atomic E-state index is 0.186. The summed E-state index contributed by atoms with van der Waals surface area (Å²) in [5.74, 6) is -1.67. The highest BCUT2D eigenvalue weighted by atomic mass is 28.4. The largest absolute Gasteiger partial charge is 0.403 e. The highest BCUT2D eigenvalue weighted by molar-refractivity contribution is 6.99. The first-order valence-electron chi connectivity index (χ1n) is 13.6. The number of allylic oxidation sites excluding steroid dienone is 1. The van der Waals surface area contributed by atoms with Gasteiger partial charge in [-0.05, 0) is 54.8 Å². The molecule has 39 heavy (non-hydrogen) atoms. The van der Waals surface area contributed by atoms with Crippen molar-refractivity contribution in [2.24, 2.45) is 0 Å². The fourth-order valence-electron chi connectivity index (χ4n) is 6.18. The van der Waals surface area contributed by atoms with Crippen LogP contribution in [0.2, 0.25) is 5.04 Å². The van der Waals surface area contributed by atoms with Crippen LogP contribution in [-0.4, -0.2) is 63.5 Å². The summed E-state index contributed by atoms with van der Waals surface area (Å²) in [4.78, 5) is 12.0. The van der Waals surface area contributed by atoms with Crippen molar-refractivity contribution in [1.29, 1.82) is 0 Å². The molecule has 3 heterocycles. The maximum absolute atomic E-state index is 12.0. The first kappa shape index (κ1) is 28.4. The van der Waals surface area contributed by atoms with E-state index < -0.39 is 50.6 Å². The number of benzene rings is 2. The third-order valence-electron chi connectivity index (χ3n) is 7.67. The van der Waals surface area contributed by atoms with Crippen LogP contribution in [0.25, 0.3) is 0 Å². The summed E-state index contributed by atoms with van der Waals surface area (Å²) >= 11 is 0. The van der Waals surface area contributed by atoms with Crippen LogP contribution in [0, 0.1) is 0 Å². The van der Waals surface area contributed by atoms with Gasteiger partial charge in [-0.3, -0.25) is 4.79 Å². The molecule has 7 nitrogen and oxygen atoms in total. The van der Waals surface area contributed by atoms with Crippen molar-refractivity contribution in [2.45, 2.75) is 95.8 Å². The van der Waals surface area contributed by atoms with Gasteiger partial charge in [0, 0.05) is 0 Å². The summed E-state index contributed by atoms with van der Waals surface area (Å²) in [6.07, 6.45) is -0.314. The third kappa shape index (κ3) is 5.31. The summed E-state index contributed by atoms with van der Waals surface area (Å²) in [5.41, 5.74) is 0.682. The van der Waals surface area contributed by atoms with Gasteiger partial charge in [-0.2, -0.15) is 0 Å². The molecule has 0 spiro atoms. The Balaban J connectivity index is 1.53. The van der Waals surface area contributed by atoms with Gasteiger partial charge in [0.15, 0.2) is 17.9 Å². The van der Waals surface area contributed by atoms with Gasteiger partial charge in [0.05, 0.1) is 6.61 Å². The maximum Gasteiger partial charge on any atom is 0.261 e. The molecule has 210 valence electrons. The van der Waals surface area contributed by atoms with Gasteiger partial charge in [-0.1, -0.05) is 81.4 Å². The highest BCUT2D eigenvalue weighted by Crippen LogP contribution is 2.46. The monoisotopic (exact) mass is 552 g/mol. The van der Waals surface area contributed by atoms with E-state index in [9.17, 15) is 4.79 Å². The fraction of sp³-hybridized carbons (Fsp3) is 0.516. The topological polar surface area (TPSA) is 72.5 Å². The number of fused-ring (bicyclic) bond motifs is 3. The molecule has 3 saturated heterocycles. The van der Waals surface area contributed by atoms with E-state index in [1.54, 1.807) is 0 Å². The summed E-state index contributed by atoms with van der Waals surface area (Å²) in [6.45, 7) is 14.3. The zero-order valence-electron chi connectivity index (χ0n) is 23.9. The second-order valence-corrected chi connectivity index (χ2v) is 16.7. The van der Waals surface area contributed by atoms with Crippen LogP contribution >= 0.6 is 0 Å². The van der Waals surface area contributed by atoms with Gasteiger partial charge in [0.25, 0.3) is 8.32 Å². The number of aldehydes is 1. The number of ether oxygens (including phenoxy) is 5. The van der Waals surface area contributed by atoms with E-state index in [0.29, 0.717) is 5.57 Å². The van der Waals surface area contributed by atoms with Crippen LogP contribution in [0.1, 0.15) is 48.5 Å². The molecule has 0 aromatic heterocycles. The number of hydrogen-bond donors (Lipinski definition) is 0. The lowest BCUT2D eigenvalue weighted by Crippen LogP contribution is -2.67. The SMILES string of the molecule is CC1(C)O[C@H]2[C@@H](O1)[C@@H](/C(=C/C=O)CO[Si](c1ccccc1)(c1ccccc1)C(C)(C)C)O[C@@H]1OC(C)(C)O[C@@H]12. The van der Waals surface area contributed by atoms with Crippen LogP contribution in [0.4, 0.5) is 0 Å². The Morgan fingerprint density at radius 1 is 0.821 bits per heavy atom. The predicted octanol–water partition coefficient (Wildman–Crippen LogP) is 4.08. The van der Waals surface area contributed by atoms with Crippen LogP contribution in [0.5, 0.6) is 0 Å². The van der Waals surface area contributed by atoms with Crippen molar-refractivity contribution >= 4 is 25.0 Å². The second-order valence-electron chi connectivity index (χ2n) is 12.4. The number of carbonyl (C=O) groups excluding carboxylic acids is 1. The molecule has 0 N–H and O–H groups in total. The van der Waals surface area contributed by atoms with E-state index in [1.807, 2.05) is 39.8 Å². The molecule has 2 aromatic rings. The minimum atomic E-state index is -2.86. The standard InChI is InChI=1S/C31H40O7Si/c1-29(2,3)39(22-14-10-8-11-15-22,23-16-12-9-13-17-23)33-20-21(18-19-32)24-25-26(36-30(4,5)35-25)27-28(34-24)38-31(6,7)37-27/h8-19,24-28H,20H2,1-7H3/b21-18+/t24-,25+,26+,27-,28-/m1/s1. The lowest BCUT2D eigenvalue weighted by atomic mass is 9.94. The van der Waals surface area contributed by atoms with Crippen LogP contribution in [-0.2, 0) is 32.9 Å². The van der Waals surface area contributed by atoms with Crippen LogP contribution in [0.3, 0.4) is 0 Å². The average molecular weight is 553 g/mol. The molecule has 5 rings (SSSR count). The van der Waals surface area contributed by atoms with E-state index in [4.69, 9.17) is 28.1 Å². The summed E-state index contributed by atoms with van der Waals surface area (Å²) in [7, 11) is -2.86. The Morgan fingerprint density at radius 2 is 1.33 bits per heavy atom. The smallest absolute Gasteiger partial charge is 0.261 e. The van der Waals surface area contributed by atoms with Gasteiger partial charge < -0.3 is 28.1 Å². The molecule has 5 atom stereocenters. The Morgan fingerprint density at radius 3 is 1.87 bits per heavy atom. The van der Waals surface area contributed by atoms with Crippen molar-refractivity contribution in [3.05, 3.63) is 72.3 Å². The quantitative estimate of drug-likeness (QED) is 0.291. The molecular weight excluding hydrogens is 512 g/mol. The molecule has 0 bridgehead atoms. The number of rotatable bonds is 7. The number of carbonyl (C=O) groups is 1. The van der Waals surface area contributed by atoms with Crippen molar-refractivity contribution in [2.75, 3.05) is 6.61 Å². The molecule has 0 aliphatic carbocycles. The zero-order chi connectivity index (χ0) is 28.1. The molecule has 0 amide bonds. The molecule has 0 unspecified atom stereocenters. The van der Waals surface area contributed by atoms with Gasteiger partial charge >= 0.3 is 0 Å². The Hall–Kier alpha value is -2.17. The van der Waals surface area contributed by atoms with Crippen molar-refractivity contribution in [3.63, 3.8) is 0 Å². The molecule has 3 aliphatic rings. The Bertz CT molecular complexity index is 1150. The Labute approximate surface area is 232 Å². The molecule has 0 saturated carbocycles. The molecule has 3 aliphatic heterocycles.